The zero-order valence-electron chi connectivity index (χ0n) is 10.6. The fraction of sp³-hybridized carbons (Fsp3) is 0.214. The van der Waals surface area contributed by atoms with E-state index in [0.717, 1.165) is 0 Å². The molecule has 0 spiro atoms. The average Bonchev–Trinajstić information content (AvgIpc) is 2.96. The quantitative estimate of drug-likeness (QED) is 0.794. The third-order valence-electron chi connectivity index (χ3n) is 2.68. The number of amides is 1. The van der Waals surface area contributed by atoms with Crippen LogP contribution in [0.1, 0.15) is 22.5 Å². The Labute approximate surface area is 121 Å². The monoisotopic (exact) mass is 289 g/mol. The van der Waals surface area contributed by atoms with Gasteiger partial charge in [0.25, 0.3) is 5.91 Å². The van der Waals surface area contributed by atoms with E-state index in [9.17, 15) is 4.79 Å². The van der Waals surface area contributed by atoms with Gasteiger partial charge >= 0.3 is 0 Å². The summed E-state index contributed by atoms with van der Waals surface area (Å²) in [5, 5.41) is 9.02. The Morgan fingerprint density at radius 3 is 2.90 bits per heavy atom. The lowest BCUT2D eigenvalue weighted by Crippen LogP contribution is -2.31. The van der Waals surface area contributed by atoms with Crippen molar-refractivity contribution in [3.8, 4) is 6.07 Å². The molecular formula is C14H12ClN3O2. The minimum Gasteiger partial charge on any atom is -0.467 e. The zero-order chi connectivity index (χ0) is 14.4. The number of pyridine rings is 1. The first kappa shape index (κ1) is 14.1. The lowest BCUT2D eigenvalue weighted by atomic mass is 10.2. The van der Waals surface area contributed by atoms with Gasteiger partial charge in [0.05, 0.1) is 30.9 Å². The Morgan fingerprint density at radius 1 is 1.45 bits per heavy atom. The highest BCUT2D eigenvalue weighted by Gasteiger charge is 2.17. The van der Waals surface area contributed by atoms with Crippen molar-refractivity contribution < 1.29 is 9.21 Å². The van der Waals surface area contributed by atoms with Gasteiger partial charge in [0.1, 0.15) is 10.9 Å². The van der Waals surface area contributed by atoms with E-state index < -0.39 is 0 Å². The Balaban J connectivity index is 2.15. The SMILES string of the molecule is N#CCCN(Cc1ccco1)C(=O)c1ccc(Cl)nc1. The summed E-state index contributed by atoms with van der Waals surface area (Å²) in [6.07, 6.45) is 3.23. The van der Waals surface area contributed by atoms with E-state index in [4.69, 9.17) is 21.3 Å². The first-order valence-electron chi connectivity index (χ1n) is 6.01. The summed E-state index contributed by atoms with van der Waals surface area (Å²) >= 11 is 5.70. The van der Waals surface area contributed by atoms with Gasteiger partial charge in [0.15, 0.2) is 0 Å². The van der Waals surface area contributed by atoms with Crippen LogP contribution in [0.5, 0.6) is 0 Å². The fourth-order valence-electron chi connectivity index (χ4n) is 1.71. The number of furan rings is 1. The van der Waals surface area contributed by atoms with Crippen molar-refractivity contribution in [3.63, 3.8) is 0 Å². The van der Waals surface area contributed by atoms with Crippen LogP contribution in [0.4, 0.5) is 0 Å². The van der Waals surface area contributed by atoms with E-state index >= 15 is 0 Å². The predicted molar refractivity (Wildman–Crippen MR) is 72.9 cm³/mol. The molecule has 0 aliphatic rings. The summed E-state index contributed by atoms with van der Waals surface area (Å²) in [7, 11) is 0. The van der Waals surface area contributed by atoms with Crippen LogP contribution in [0.3, 0.4) is 0 Å². The summed E-state index contributed by atoms with van der Waals surface area (Å²) in [5.74, 6) is 0.457. The van der Waals surface area contributed by atoms with Crippen LogP contribution in [0.25, 0.3) is 0 Å². The molecule has 0 unspecified atom stereocenters. The molecule has 2 rings (SSSR count). The highest BCUT2D eigenvalue weighted by Crippen LogP contribution is 2.12. The van der Waals surface area contributed by atoms with Gasteiger partial charge in [-0.2, -0.15) is 5.26 Å². The number of rotatable bonds is 5. The van der Waals surface area contributed by atoms with Crippen molar-refractivity contribution in [2.75, 3.05) is 6.54 Å². The number of hydrogen-bond donors (Lipinski definition) is 0. The minimum absolute atomic E-state index is 0.208. The number of carbonyl (C=O) groups excluding carboxylic acids is 1. The molecular weight excluding hydrogens is 278 g/mol. The van der Waals surface area contributed by atoms with Gasteiger partial charge in [-0.3, -0.25) is 4.79 Å². The molecule has 0 aliphatic heterocycles. The predicted octanol–water partition coefficient (Wildman–Crippen LogP) is 2.88. The van der Waals surface area contributed by atoms with Gasteiger partial charge in [0, 0.05) is 12.7 Å². The Bertz CT molecular complexity index is 602. The normalized spacial score (nSPS) is 10.0. The molecule has 1 amide bonds. The highest BCUT2D eigenvalue weighted by molar-refractivity contribution is 6.29. The Morgan fingerprint density at radius 2 is 2.30 bits per heavy atom. The molecule has 0 fully saturated rings. The molecule has 0 aliphatic carbocycles. The second kappa shape index (κ2) is 6.73. The second-order valence-corrected chi connectivity index (χ2v) is 4.47. The molecule has 0 saturated heterocycles. The molecule has 20 heavy (non-hydrogen) atoms. The maximum absolute atomic E-state index is 12.4. The molecule has 0 bridgehead atoms. The van der Waals surface area contributed by atoms with Crippen LogP contribution in [0.2, 0.25) is 5.15 Å². The van der Waals surface area contributed by atoms with E-state index in [1.807, 2.05) is 6.07 Å². The van der Waals surface area contributed by atoms with Gasteiger partial charge in [0.2, 0.25) is 0 Å². The molecule has 5 nitrogen and oxygen atoms in total. The average molecular weight is 290 g/mol. The number of hydrogen-bond acceptors (Lipinski definition) is 4. The third-order valence-corrected chi connectivity index (χ3v) is 2.91. The minimum atomic E-state index is -0.208. The Hall–Kier alpha value is -2.32. The molecule has 2 aromatic rings. The molecule has 2 aromatic heterocycles. The number of halogens is 1. The van der Waals surface area contributed by atoms with Crippen molar-refractivity contribution in [2.45, 2.75) is 13.0 Å². The summed E-state index contributed by atoms with van der Waals surface area (Å²) in [6.45, 7) is 0.648. The molecule has 0 radical (unpaired) electrons. The van der Waals surface area contributed by atoms with Crippen LogP contribution < -0.4 is 0 Å². The second-order valence-electron chi connectivity index (χ2n) is 4.08. The van der Waals surface area contributed by atoms with Crippen molar-refractivity contribution in [3.05, 3.63) is 53.2 Å². The van der Waals surface area contributed by atoms with Crippen LogP contribution >= 0.6 is 11.6 Å². The largest absolute Gasteiger partial charge is 0.467 e. The van der Waals surface area contributed by atoms with Gasteiger partial charge in [-0.1, -0.05) is 11.6 Å². The molecule has 2 heterocycles. The fourth-order valence-corrected chi connectivity index (χ4v) is 1.82. The first-order chi connectivity index (χ1) is 9.70. The molecule has 0 saturated carbocycles. The molecule has 6 heteroatoms. The van der Waals surface area contributed by atoms with Crippen molar-refractivity contribution in [1.82, 2.24) is 9.88 Å². The van der Waals surface area contributed by atoms with Crippen LogP contribution in [0, 0.1) is 11.3 Å². The van der Waals surface area contributed by atoms with E-state index in [0.29, 0.717) is 29.6 Å². The van der Waals surface area contributed by atoms with Gasteiger partial charge in [-0.25, -0.2) is 4.98 Å². The number of nitriles is 1. The Kier molecular flexibility index (Phi) is 4.75. The number of carbonyl (C=O) groups is 1. The number of aromatic nitrogens is 1. The van der Waals surface area contributed by atoms with E-state index in [2.05, 4.69) is 4.98 Å². The van der Waals surface area contributed by atoms with E-state index in [1.54, 1.807) is 35.4 Å². The van der Waals surface area contributed by atoms with Crippen LogP contribution in [0.15, 0.2) is 41.1 Å². The molecule has 0 atom stereocenters. The maximum Gasteiger partial charge on any atom is 0.255 e. The van der Waals surface area contributed by atoms with Gasteiger partial charge in [-0.05, 0) is 24.3 Å². The zero-order valence-corrected chi connectivity index (χ0v) is 11.4. The molecule has 0 aromatic carbocycles. The standard InChI is InChI=1S/C14H12ClN3O2/c15-13-5-4-11(9-17-13)14(19)18(7-2-6-16)10-12-3-1-8-20-12/h1,3-5,8-9H,2,7,10H2. The van der Waals surface area contributed by atoms with Crippen LogP contribution in [-0.4, -0.2) is 22.3 Å². The van der Waals surface area contributed by atoms with Crippen molar-refractivity contribution >= 4 is 17.5 Å². The third kappa shape index (κ3) is 3.59. The molecule has 0 N–H and O–H groups in total. The van der Waals surface area contributed by atoms with Gasteiger partial charge in [-0.15, -0.1) is 0 Å². The summed E-state index contributed by atoms with van der Waals surface area (Å²) < 4.78 is 5.24. The summed E-state index contributed by atoms with van der Waals surface area (Å²) in [5.41, 5.74) is 0.430. The maximum atomic E-state index is 12.4. The first-order valence-corrected chi connectivity index (χ1v) is 6.38. The van der Waals surface area contributed by atoms with E-state index in [1.165, 1.54) is 6.20 Å². The van der Waals surface area contributed by atoms with Crippen molar-refractivity contribution in [2.24, 2.45) is 0 Å². The lowest BCUT2D eigenvalue weighted by Gasteiger charge is -2.20. The smallest absolute Gasteiger partial charge is 0.255 e. The summed E-state index contributed by atoms with van der Waals surface area (Å²) in [6, 6.07) is 8.74. The van der Waals surface area contributed by atoms with E-state index in [-0.39, 0.29) is 12.3 Å². The highest BCUT2D eigenvalue weighted by atomic mass is 35.5. The number of nitrogens with zero attached hydrogens (tertiary/aromatic N) is 3. The van der Waals surface area contributed by atoms with Crippen molar-refractivity contribution in [1.29, 1.82) is 5.26 Å². The molecule has 102 valence electrons. The summed E-state index contributed by atoms with van der Waals surface area (Å²) in [4.78, 5) is 17.8. The topological polar surface area (TPSA) is 70.1 Å². The van der Waals surface area contributed by atoms with Crippen LogP contribution in [-0.2, 0) is 6.54 Å². The van der Waals surface area contributed by atoms with Gasteiger partial charge < -0.3 is 9.32 Å². The lowest BCUT2D eigenvalue weighted by molar-refractivity contribution is 0.0735.